The molecule has 0 spiro atoms. The molecule has 0 aromatic heterocycles. The van der Waals surface area contributed by atoms with Crippen molar-refractivity contribution in [3.63, 3.8) is 0 Å². The molecule has 3 aromatic rings. The van der Waals surface area contributed by atoms with Crippen LogP contribution in [0.5, 0.6) is 11.5 Å². The van der Waals surface area contributed by atoms with Gasteiger partial charge in [-0.15, -0.1) is 11.8 Å². The molecular formula is C23H20Cl2N2O4S. The highest BCUT2D eigenvalue weighted by atomic mass is 35.5. The van der Waals surface area contributed by atoms with Gasteiger partial charge in [-0.3, -0.25) is 9.59 Å². The lowest BCUT2D eigenvalue weighted by Gasteiger charge is -2.11. The number of nitrogens with one attached hydrogen (secondary N) is 2. The third-order valence-electron chi connectivity index (χ3n) is 4.31. The summed E-state index contributed by atoms with van der Waals surface area (Å²) in [5.41, 5.74) is 1.49. The molecule has 0 aliphatic carbocycles. The molecule has 3 rings (SSSR count). The van der Waals surface area contributed by atoms with Gasteiger partial charge < -0.3 is 20.1 Å². The van der Waals surface area contributed by atoms with Crippen molar-refractivity contribution in [2.45, 2.75) is 4.90 Å². The summed E-state index contributed by atoms with van der Waals surface area (Å²) >= 11 is 13.4. The van der Waals surface area contributed by atoms with Crippen LogP contribution in [0.1, 0.15) is 10.4 Å². The smallest absolute Gasteiger partial charge is 0.255 e. The topological polar surface area (TPSA) is 76.7 Å². The van der Waals surface area contributed by atoms with Crippen LogP contribution < -0.4 is 20.1 Å². The van der Waals surface area contributed by atoms with E-state index in [1.807, 2.05) is 6.07 Å². The lowest BCUT2D eigenvalue weighted by atomic mass is 10.2. The number of hydrogen-bond acceptors (Lipinski definition) is 5. The van der Waals surface area contributed by atoms with E-state index in [1.54, 1.807) is 54.6 Å². The van der Waals surface area contributed by atoms with Gasteiger partial charge in [0.1, 0.15) is 0 Å². The van der Waals surface area contributed by atoms with E-state index in [0.29, 0.717) is 38.5 Å². The molecule has 2 N–H and O–H groups in total. The zero-order valence-corrected chi connectivity index (χ0v) is 19.6. The SMILES string of the molecule is COc1ccc(C(=O)Nc2cccc(SCC(=O)Nc3cc(Cl)ccc3Cl)c2)cc1OC. The predicted molar refractivity (Wildman–Crippen MR) is 130 cm³/mol. The second kappa shape index (κ2) is 11.1. The van der Waals surface area contributed by atoms with Crippen LogP contribution in [0.15, 0.2) is 65.6 Å². The summed E-state index contributed by atoms with van der Waals surface area (Å²) in [6, 6.07) is 17.0. The molecule has 2 amide bonds. The van der Waals surface area contributed by atoms with E-state index >= 15 is 0 Å². The van der Waals surface area contributed by atoms with Gasteiger partial charge in [0.2, 0.25) is 5.91 Å². The Kier molecular flexibility index (Phi) is 8.27. The molecule has 0 heterocycles. The number of amides is 2. The van der Waals surface area contributed by atoms with E-state index < -0.39 is 0 Å². The van der Waals surface area contributed by atoms with Crippen molar-refractivity contribution in [3.8, 4) is 11.5 Å². The molecule has 0 saturated carbocycles. The zero-order chi connectivity index (χ0) is 23.1. The summed E-state index contributed by atoms with van der Waals surface area (Å²) in [5.74, 6) is 0.658. The summed E-state index contributed by atoms with van der Waals surface area (Å²) in [5, 5.41) is 6.48. The van der Waals surface area contributed by atoms with Crippen molar-refractivity contribution < 1.29 is 19.1 Å². The van der Waals surface area contributed by atoms with Gasteiger partial charge >= 0.3 is 0 Å². The van der Waals surface area contributed by atoms with Gasteiger partial charge in [0.15, 0.2) is 11.5 Å². The quantitative estimate of drug-likeness (QED) is 0.379. The standard InChI is InChI=1S/C23H20Cl2N2O4S/c1-30-20-9-6-14(10-21(20)31-2)23(29)26-16-4-3-5-17(12-16)32-13-22(28)27-19-11-15(24)7-8-18(19)25/h3-12H,13H2,1-2H3,(H,26,29)(H,27,28). The summed E-state index contributed by atoms with van der Waals surface area (Å²) in [7, 11) is 3.04. The lowest BCUT2D eigenvalue weighted by Crippen LogP contribution is -2.14. The molecule has 166 valence electrons. The second-order valence-electron chi connectivity index (χ2n) is 6.51. The van der Waals surface area contributed by atoms with Crippen LogP contribution in [0.2, 0.25) is 10.0 Å². The van der Waals surface area contributed by atoms with Crippen molar-refractivity contribution in [1.82, 2.24) is 0 Å². The van der Waals surface area contributed by atoms with Gasteiger partial charge in [0.05, 0.1) is 30.7 Å². The highest BCUT2D eigenvalue weighted by Gasteiger charge is 2.12. The van der Waals surface area contributed by atoms with E-state index in [4.69, 9.17) is 32.7 Å². The van der Waals surface area contributed by atoms with Crippen LogP contribution in [0.4, 0.5) is 11.4 Å². The summed E-state index contributed by atoms with van der Waals surface area (Å²) < 4.78 is 10.4. The first-order valence-electron chi connectivity index (χ1n) is 9.40. The number of methoxy groups -OCH3 is 2. The fraction of sp³-hybridized carbons (Fsp3) is 0.130. The minimum absolute atomic E-state index is 0.163. The zero-order valence-electron chi connectivity index (χ0n) is 17.3. The highest BCUT2D eigenvalue weighted by Crippen LogP contribution is 2.29. The number of hydrogen-bond donors (Lipinski definition) is 2. The van der Waals surface area contributed by atoms with Crippen molar-refractivity contribution in [3.05, 3.63) is 76.3 Å². The third kappa shape index (κ3) is 6.32. The first-order chi connectivity index (χ1) is 15.4. The van der Waals surface area contributed by atoms with E-state index in [0.717, 1.165) is 4.90 Å². The Bertz CT molecular complexity index is 1140. The van der Waals surface area contributed by atoms with Gasteiger partial charge in [-0.05, 0) is 54.6 Å². The van der Waals surface area contributed by atoms with Crippen LogP contribution in [-0.4, -0.2) is 31.8 Å². The molecule has 0 aliphatic heterocycles. The third-order valence-corrected chi connectivity index (χ3v) is 5.87. The van der Waals surface area contributed by atoms with Gasteiger partial charge in [-0.1, -0.05) is 29.3 Å². The van der Waals surface area contributed by atoms with Crippen molar-refractivity contribution in [2.75, 3.05) is 30.6 Å². The monoisotopic (exact) mass is 490 g/mol. The van der Waals surface area contributed by atoms with Crippen LogP contribution in [0.25, 0.3) is 0 Å². The van der Waals surface area contributed by atoms with E-state index in [-0.39, 0.29) is 17.6 Å². The van der Waals surface area contributed by atoms with Crippen LogP contribution in [-0.2, 0) is 4.79 Å². The van der Waals surface area contributed by atoms with Gasteiger partial charge in [0.25, 0.3) is 5.91 Å². The molecule has 9 heteroatoms. The van der Waals surface area contributed by atoms with Gasteiger partial charge in [0, 0.05) is 21.2 Å². The molecule has 6 nitrogen and oxygen atoms in total. The first kappa shape index (κ1) is 23.8. The summed E-state index contributed by atoms with van der Waals surface area (Å²) in [4.78, 5) is 25.7. The maximum atomic E-state index is 12.6. The number of ether oxygens (including phenoxy) is 2. The molecule has 0 bridgehead atoms. The second-order valence-corrected chi connectivity index (χ2v) is 8.41. The van der Waals surface area contributed by atoms with Crippen molar-refractivity contribution in [2.24, 2.45) is 0 Å². The Balaban J connectivity index is 1.61. The molecule has 0 aliphatic rings. The minimum atomic E-state index is -0.290. The fourth-order valence-corrected chi connectivity index (χ4v) is 3.86. The Morgan fingerprint density at radius 1 is 0.906 bits per heavy atom. The number of halogens is 2. The molecule has 0 saturated heterocycles. The number of anilines is 2. The number of carbonyl (C=O) groups is 2. The van der Waals surface area contributed by atoms with Gasteiger partial charge in [-0.25, -0.2) is 0 Å². The molecule has 3 aromatic carbocycles. The van der Waals surface area contributed by atoms with Gasteiger partial charge in [-0.2, -0.15) is 0 Å². The van der Waals surface area contributed by atoms with Crippen molar-refractivity contribution >= 4 is 58.2 Å². The molecule has 0 unspecified atom stereocenters. The van der Waals surface area contributed by atoms with Crippen LogP contribution in [0.3, 0.4) is 0 Å². The summed E-state index contributed by atoms with van der Waals surface area (Å²) in [6.07, 6.45) is 0. The molecule has 0 atom stereocenters. The number of thioether (sulfide) groups is 1. The number of carbonyl (C=O) groups excluding carboxylic acids is 2. The van der Waals surface area contributed by atoms with Crippen LogP contribution in [0, 0.1) is 0 Å². The fourth-order valence-electron chi connectivity index (χ4n) is 2.77. The molecule has 0 radical (unpaired) electrons. The lowest BCUT2D eigenvalue weighted by molar-refractivity contribution is -0.113. The Labute approximate surface area is 200 Å². The average molecular weight is 491 g/mol. The Morgan fingerprint density at radius 2 is 1.69 bits per heavy atom. The molecular weight excluding hydrogens is 471 g/mol. The van der Waals surface area contributed by atoms with Crippen molar-refractivity contribution in [1.29, 1.82) is 0 Å². The number of benzene rings is 3. The largest absolute Gasteiger partial charge is 0.493 e. The number of rotatable bonds is 8. The van der Waals surface area contributed by atoms with Crippen LogP contribution >= 0.6 is 35.0 Å². The summed E-state index contributed by atoms with van der Waals surface area (Å²) in [6.45, 7) is 0. The first-order valence-corrected chi connectivity index (χ1v) is 11.1. The Hall–Kier alpha value is -2.87. The molecule has 0 fully saturated rings. The normalized spacial score (nSPS) is 10.4. The average Bonchev–Trinajstić information content (AvgIpc) is 2.79. The highest BCUT2D eigenvalue weighted by molar-refractivity contribution is 8.00. The maximum absolute atomic E-state index is 12.6. The minimum Gasteiger partial charge on any atom is -0.493 e. The Morgan fingerprint density at radius 3 is 2.44 bits per heavy atom. The van der Waals surface area contributed by atoms with E-state index in [1.165, 1.54) is 26.0 Å². The predicted octanol–water partition coefficient (Wildman–Crippen LogP) is 5.99. The van der Waals surface area contributed by atoms with E-state index in [9.17, 15) is 9.59 Å². The maximum Gasteiger partial charge on any atom is 0.255 e. The molecule has 32 heavy (non-hydrogen) atoms. The van der Waals surface area contributed by atoms with E-state index in [2.05, 4.69) is 10.6 Å².